The Morgan fingerprint density at radius 1 is 1.00 bits per heavy atom. The van der Waals surface area contributed by atoms with E-state index in [2.05, 4.69) is 10.5 Å². The van der Waals surface area contributed by atoms with Crippen LogP contribution in [0.5, 0.6) is 5.75 Å². The second-order valence-electron chi connectivity index (χ2n) is 6.33. The molecule has 0 unspecified atom stereocenters. The van der Waals surface area contributed by atoms with Gasteiger partial charge in [-0.2, -0.15) is 5.10 Å². The van der Waals surface area contributed by atoms with E-state index in [0.29, 0.717) is 16.9 Å². The van der Waals surface area contributed by atoms with E-state index in [4.69, 9.17) is 4.42 Å². The maximum atomic E-state index is 12.4. The van der Waals surface area contributed by atoms with E-state index in [1.807, 2.05) is 30.3 Å². The topological polar surface area (TPSA) is 91.9 Å². The van der Waals surface area contributed by atoms with Crippen LogP contribution in [-0.4, -0.2) is 16.7 Å². The molecule has 138 valence electrons. The summed E-state index contributed by atoms with van der Waals surface area (Å²) in [5, 5.41) is 16.1. The highest BCUT2D eigenvalue weighted by Gasteiger charge is 2.11. The second kappa shape index (κ2) is 7.00. The van der Waals surface area contributed by atoms with Crippen LogP contribution >= 0.6 is 0 Å². The van der Waals surface area contributed by atoms with Gasteiger partial charge in [-0.05, 0) is 54.1 Å². The van der Waals surface area contributed by atoms with E-state index < -0.39 is 11.5 Å². The Balaban J connectivity index is 1.71. The van der Waals surface area contributed by atoms with Gasteiger partial charge in [-0.15, -0.1) is 0 Å². The zero-order valence-corrected chi connectivity index (χ0v) is 15.0. The summed E-state index contributed by atoms with van der Waals surface area (Å²) in [5.41, 5.74) is 3.33. The zero-order valence-electron chi connectivity index (χ0n) is 15.0. The molecule has 6 nitrogen and oxygen atoms in total. The molecule has 4 rings (SSSR count). The molecule has 2 N–H and O–H groups in total. The summed E-state index contributed by atoms with van der Waals surface area (Å²) >= 11 is 0. The Hall–Kier alpha value is -3.93. The molecule has 0 atom stereocenters. The van der Waals surface area contributed by atoms with Gasteiger partial charge in [-0.25, -0.2) is 10.2 Å². The maximum absolute atomic E-state index is 12.4. The van der Waals surface area contributed by atoms with E-state index in [9.17, 15) is 14.7 Å². The molecule has 1 amide bonds. The maximum Gasteiger partial charge on any atom is 0.345 e. The minimum atomic E-state index is -0.525. The predicted molar refractivity (Wildman–Crippen MR) is 108 cm³/mol. The molecule has 0 aliphatic heterocycles. The third kappa shape index (κ3) is 3.23. The third-order valence-corrected chi connectivity index (χ3v) is 4.49. The van der Waals surface area contributed by atoms with Crippen molar-refractivity contribution in [2.24, 2.45) is 5.10 Å². The Morgan fingerprint density at radius 3 is 2.54 bits per heavy atom. The van der Waals surface area contributed by atoms with Crippen molar-refractivity contribution >= 4 is 33.4 Å². The number of hydrogen-bond acceptors (Lipinski definition) is 5. The summed E-state index contributed by atoms with van der Waals surface area (Å²) in [7, 11) is 0. The quantitative estimate of drug-likeness (QED) is 0.248. The number of fused-ring (bicyclic) bond motifs is 3. The average Bonchev–Trinajstić information content (AvgIpc) is 2.71. The highest BCUT2D eigenvalue weighted by Crippen LogP contribution is 2.25. The summed E-state index contributed by atoms with van der Waals surface area (Å²) in [6, 6.07) is 19.0. The molecule has 0 radical (unpaired) electrons. The fourth-order valence-electron chi connectivity index (χ4n) is 3.00. The van der Waals surface area contributed by atoms with Gasteiger partial charge in [0.05, 0.1) is 11.3 Å². The van der Waals surface area contributed by atoms with Crippen molar-refractivity contribution < 1.29 is 14.3 Å². The molecule has 28 heavy (non-hydrogen) atoms. The number of hydrogen-bond donors (Lipinski definition) is 2. The fraction of sp³-hybridized carbons (Fsp3) is 0.0455. The molecule has 0 spiro atoms. The molecule has 3 aromatic carbocycles. The Labute approximate surface area is 159 Å². The van der Waals surface area contributed by atoms with Gasteiger partial charge in [-0.3, -0.25) is 4.79 Å². The van der Waals surface area contributed by atoms with E-state index in [0.717, 1.165) is 16.2 Å². The van der Waals surface area contributed by atoms with Crippen LogP contribution in [0.3, 0.4) is 0 Å². The lowest BCUT2D eigenvalue weighted by Crippen LogP contribution is -2.21. The highest BCUT2D eigenvalue weighted by atomic mass is 16.4. The first-order valence-corrected chi connectivity index (χ1v) is 8.62. The van der Waals surface area contributed by atoms with Crippen LogP contribution in [0.4, 0.5) is 0 Å². The van der Waals surface area contributed by atoms with Crippen molar-refractivity contribution in [3.05, 3.63) is 88.3 Å². The number of phenolic OH excluding ortho intramolecular Hbond substituents is 1. The van der Waals surface area contributed by atoms with Gasteiger partial charge in [0.2, 0.25) is 0 Å². The molecular formula is C22H16N2O4. The van der Waals surface area contributed by atoms with Crippen molar-refractivity contribution in [3.8, 4) is 5.75 Å². The number of benzene rings is 3. The summed E-state index contributed by atoms with van der Waals surface area (Å²) < 4.78 is 5.45. The zero-order chi connectivity index (χ0) is 19.7. The van der Waals surface area contributed by atoms with Crippen LogP contribution in [0.2, 0.25) is 0 Å². The normalized spacial score (nSPS) is 11.7. The van der Waals surface area contributed by atoms with Gasteiger partial charge in [0, 0.05) is 10.9 Å². The summed E-state index contributed by atoms with van der Waals surface area (Å²) in [6.45, 7) is 1.63. The number of amides is 1. The number of carbonyl (C=O) groups excluding carboxylic acids is 1. The Morgan fingerprint density at radius 2 is 1.75 bits per heavy atom. The van der Waals surface area contributed by atoms with E-state index in [1.165, 1.54) is 24.3 Å². The van der Waals surface area contributed by atoms with Gasteiger partial charge in [0.25, 0.3) is 5.91 Å². The van der Waals surface area contributed by atoms with Crippen molar-refractivity contribution in [1.29, 1.82) is 0 Å². The highest BCUT2D eigenvalue weighted by molar-refractivity contribution is 6.09. The minimum Gasteiger partial charge on any atom is -0.508 e. The van der Waals surface area contributed by atoms with Crippen molar-refractivity contribution in [3.63, 3.8) is 0 Å². The molecule has 0 aliphatic rings. The lowest BCUT2D eigenvalue weighted by molar-refractivity contribution is 0.0955. The van der Waals surface area contributed by atoms with Crippen LogP contribution in [0.25, 0.3) is 21.7 Å². The largest absolute Gasteiger partial charge is 0.508 e. The minimum absolute atomic E-state index is 0.0669. The first kappa shape index (κ1) is 17.5. The molecular weight excluding hydrogens is 356 g/mol. The first-order chi connectivity index (χ1) is 13.5. The number of nitrogens with one attached hydrogen (secondary N) is 1. The molecule has 0 bridgehead atoms. The second-order valence-corrected chi connectivity index (χ2v) is 6.33. The molecule has 0 fully saturated rings. The number of rotatable bonds is 3. The summed E-state index contributed by atoms with van der Waals surface area (Å²) in [5.74, 6) is -0.382. The predicted octanol–water partition coefficient (Wildman–Crippen LogP) is 3.81. The van der Waals surface area contributed by atoms with Gasteiger partial charge < -0.3 is 9.52 Å². The molecule has 1 heterocycles. The lowest BCUT2D eigenvalue weighted by atomic mass is 10.0. The lowest BCUT2D eigenvalue weighted by Gasteiger charge is -2.06. The monoisotopic (exact) mass is 372 g/mol. The van der Waals surface area contributed by atoms with Crippen LogP contribution in [0.15, 0.2) is 81.0 Å². The van der Waals surface area contributed by atoms with Gasteiger partial charge in [0.15, 0.2) is 0 Å². The van der Waals surface area contributed by atoms with Crippen LogP contribution in [0.1, 0.15) is 22.8 Å². The van der Waals surface area contributed by atoms with E-state index in [-0.39, 0.29) is 11.3 Å². The molecule has 0 saturated carbocycles. The van der Waals surface area contributed by atoms with Crippen LogP contribution in [-0.2, 0) is 0 Å². The number of hydrazone groups is 1. The average molecular weight is 372 g/mol. The number of carbonyl (C=O) groups is 1. The third-order valence-electron chi connectivity index (χ3n) is 4.49. The Bertz CT molecular complexity index is 1290. The molecule has 4 aromatic rings. The van der Waals surface area contributed by atoms with Gasteiger partial charge in [0.1, 0.15) is 11.3 Å². The van der Waals surface area contributed by atoms with Crippen molar-refractivity contribution in [2.45, 2.75) is 6.92 Å². The molecule has 0 aliphatic carbocycles. The number of nitrogens with zero attached hydrogens (tertiary/aromatic N) is 1. The van der Waals surface area contributed by atoms with Crippen molar-refractivity contribution in [2.75, 3.05) is 0 Å². The van der Waals surface area contributed by atoms with Crippen LogP contribution in [0, 0.1) is 0 Å². The molecule has 0 saturated heterocycles. The Kier molecular flexibility index (Phi) is 4.37. The number of aromatic hydroxyl groups is 1. The summed E-state index contributed by atoms with van der Waals surface area (Å²) in [6.07, 6.45) is 0. The van der Waals surface area contributed by atoms with Gasteiger partial charge >= 0.3 is 5.63 Å². The van der Waals surface area contributed by atoms with Crippen LogP contribution < -0.4 is 11.1 Å². The summed E-state index contributed by atoms with van der Waals surface area (Å²) in [4.78, 5) is 24.5. The fourth-order valence-corrected chi connectivity index (χ4v) is 3.00. The smallest absolute Gasteiger partial charge is 0.345 e. The van der Waals surface area contributed by atoms with E-state index >= 15 is 0 Å². The first-order valence-electron chi connectivity index (χ1n) is 8.62. The molecule has 1 aromatic heterocycles. The van der Waals surface area contributed by atoms with Gasteiger partial charge in [-0.1, -0.05) is 30.3 Å². The molecule has 6 heteroatoms. The van der Waals surface area contributed by atoms with Crippen molar-refractivity contribution in [1.82, 2.24) is 5.43 Å². The number of phenols is 1. The standard InChI is InChI=1S/C22H16N2O4/c1-13(23-24-21(26)15-6-9-16(25)10-7-15)18-12-19-17-5-3-2-4-14(17)8-11-20(19)28-22(18)27/h2-12,25H,1H3,(H,24,26)/b23-13+. The van der Waals surface area contributed by atoms with E-state index in [1.54, 1.807) is 19.1 Å². The SMILES string of the molecule is C/C(=N\NC(=O)c1ccc(O)cc1)c1cc2c(ccc3ccccc32)oc1=O.